The molecule has 2 N–H and O–H groups in total. The van der Waals surface area contributed by atoms with Gasteiger partial charge in [0.15, 0.2) is 9.84 Å². The molecule has 1 aromatic rings. The number of rotatable bonds is 5. The predicted molar refractivity (Wildman–Crippen MR) is 78.3 cm³/mol. The molecule has 0 atom stereocenters. The molecule has 0 spiro atoms. The first-order valence-electron chi connectivity index (χ1n) is 6.98. The van der Waals surface area contributed by atoms with Crippen LogP contribution in [0.2, 0.25) is 0 Å². The summed E-state index contributed by atoms with van der Waals surface area (Å²) in [6.07, 6.45) is 3.11. The van der Waals surface area contributed by atoms with Crippen LogP contribution < -0.4 is 5.32 Å². The van der Waals surface area contributed by atoms with Gasteiger partial charge in [0.1, 0.15) is 21.8 Å². The molecule has 0 saturated heterocycles. The van der Waals surface area contributed by atoms with E-state index in [1.165, 1.54) is 13.0 Å². The quantitative estimate of drug-likeness (QED) is 0.840. The Morgan fingerprint density at radius 2 is 1.95 bits per heavy atom. The fourth-order valence-electron chi connectivity index (χ4n) is 2.88. The van der Waals surface area contributed by atoms with Crippen molar-refractivity contribution in [1.29, 1.82) is 0 Å². The molecule has 1 heterocycles. The number of carboxylic acids is 1. The summed E-state index contributed by atoms with van der Waals surface area (Å²) < 4.78 is 27.9. The van der Waals surface area contributed by atoms with Crippen LogP contribution in [0, 0.1) is 6.92 Å². The first kappa shape index (κ1) is 16.5. The lowest BCUT2D eigenvalue weighted by Gasteiger charge is -2.25. The molecular formula is C14H19NO6S. The van der Waals surface area contributed by atoms with Gasteiger partial charge in [0.25, 0.3) is 0 Å². The monoisotopic (exact) mass is 329 g/mol. The molecule has 0 aromatic carbocycles. The fourth-order valence-corrected chi connectivity index (χ4v) is 4.32. The van der Waals surface area contributed by atoms with Crippen LogP contribution in [0.3, 0.4) is 0 Å². The molecule has 0 bridgehead atoms. The zero-order valence-corrected chi connectivity index (χ0v) is 13.3. The highest BCUT2D eigenvalue weighted by atomic mass is 32.2. The van der Waals surface area contributed by atoms with Gasteiger partial charge in [-0.3, -0.25) is 4.79 Å². The van der Waals surface area contributed by atoms with Crippen LogP contribution in [0.1, 0.15) is 47.6 Å². The molecular weight excluding hydrogens is 310 g/mol. The van der Waals surface area contributed by atoms with E-state index in [1.807, 2.05) is 0 Å². The Morgan fingerprint density at radius 3 is 2.41 bits per heavy atom. The number of furan rings is 1. The highest BCUT2D eigenvalue weighted by molar-refractivity contribution is 7.92. The summed E-state index contributed by atoms with van der Waals surface area (Å²) in [5.41, 5.74) is 0.0305. The van der Waals surface area contributed by atoms with E-state index in [0.29, 0.717) is 25.7 Å². The second-order valence-electron chi connectivity index (χ2n) is 5.64. The molecule has 7 nitrogen and oxygen atoms in total. The van der Waals surface area contributed by atoms with Crippen molar-refractivity contribution in [2.45, 2.75) is 43.9 Å². The summed E-state index contributed by atoms with van der Waals surface area (Å²) in [4.78, 5) is 23.3. The van der Waals surface area contributed by atoms with Gasteiger partial charge in [-0.25, -0.2) is 13.2 Å². The number of aromatic carboxylic acids is 1. The molecule has 8 heteroatoms. The van der Waals surface area contributed by atoms with Crippen LogP contribution in [0.5, 0.6) is 0 Å². The zero-order valence-electron chi connectivity index (χ0n) is 12.5. The third-order valence-electron chi connectivity index (χ3n) is 4.16. The van der Waals surface area contributed by atoms with Crippen LogP contribution in [-0.4, -0.2) is 36.4 Å². The smallest absolute Gasteiger partial charge is 0.339 e. The molecule has 22 heavy (non-hydrogen) atoms. The molecule has 2 rings (SSSR count). The maximum absolute atomic E-state index is 12.4. The number of hydrogen-bond acceptors (Lipinski definition) is 5. The highest BCUT2D eigenvalue weighted by Gasteiger charge is 2.49. The minimum atomic E-state index is -3.52. The van der Waals surface area contributed by atoms with Gasteiger partial charge in [0.2, 0.25) is 5.91 Å². The molecule has 1 saturated carbocycles. The van der Waals surface area contributed by atoms with E-state index in [1.54, 1.807) is 0 Å². The van der Waals surface area contributed by atoms with E-state index < -0.39 is 26.5 Å². The maximum Gasteiger partial charge on any atom is 0.339 e. The van der Waals surface area contributed by atoms with E-state index in [4.69, 9.17) is 9.52 Å². The Hall–Kier alpha value is -1.83. The SMILES string of the molecule is Cc1oc(CNC(=O)C2(S(C)(=O)=O)CCCC2)cc1C(=O)O. The van der Waals surface area contributed by atoms with Gasteiger partial charge in [-0.2, -0.15) is 0 Å². The summed E-state index contributed by atoms with van der Waals surface area (Å²) in [6.45, 7) is 1.48. The number of carbonyl (C=O) groups is 2. The van der Waals surface area contributed by atoms with Crippen molar-refractivity contribution in [3.05, 3.63) is 23.2 Å². The largest absolute Gasteiger partial charge is 0.478 e. The molecule has 1 fully saturated rings. The van der Waals surface area contributed by atoms with E-state index >= 15 is 0 Å². The summed E-state index contributed by atoms with van der Waals surface area (Å²) >= 11 is 0. The second-order valence-corrected chi connectivity index (χ2v) is 7.97. The Kier molecular flexibility index (Phi) is 4.32. The van der Waals surface area contributed by atoms with Crippen LogP contribution in [-0.2, 0) is 21.2 Å². The second kappa shape index (κ2) is 5.75. The van der Waals surface area contributed by atoms with Crippen molar-refractivity contribution >= 4 is 21.7 Å². The number of hydrogen-bond donors (Lipinski definition) is 2. The Balaban J connectivity index is 2.12. The number of sulfone groups is 1. The summed E-state index contributed by atoms with van der Waals surface area (Å²) in [5, 5.41) is 11.5. The van der Waals surface area contributed by atoms with Gasteiger partial charge in [-0.15, -0.1) is 0 Å². The third kappa shape index (κ3) is 2.87. The van der Waals surface area contributed by atoms with Gasteiger partial charge in [-0.05, 0) is 25.8 Å². The minimum absolute atomic E-state index is 0.0305. The summed E-state index contributed by atoms with van der Waals surface area (Å²) in [6, 6.07) is 1.33. The van der Waals surface area contributed by atoms with Crippen LogP contribution in [0.25, 0.3) is 0 Å². The zero-order chi connectivity index (χ0) is 16.5. The van der Waals surface area contributed by atoms with Crippen molar-refractivity contribution < 1.29 is 27.5 Å². The molecule has 0 unspecified atom stereocenters. The number of amides is 1. The molecule has 0 aliphatic heterocycles. The Morgan fingerprint density at radius 1 is 1.36 bits per heavy atom. The molecule has 122 valence electrons. The molecule has 1 aliphatic carbocycles. The van der Waals surface area contributed by atoms with Gasteiger partial charge in [-0.1, -0.05) is 12.8 Å². The highest BCUT2D eigenvalue weighted by Crippen LogP contribution is 2.36. The predicted octanol–water partition coefficient (Wildman–Crippen LogP) is 1.26. The van der Waals surface area contributed by atoms with Crippen molar-refractivity contribution in [1.82, 2.24) is 5.32 Å². The number of carbonyl (C=O) groups excluding carboxylic acids is 1. The van der Waals surface area contributed by atoms with Crippen molar-refractivity contribution in [3.8, 4) is 0 Å². The van der Waals surface area contributed by atoms with Gasteiger partial charge in [0.05, 0.1) is 6.54 Å². The average molecular weight is 329 g/mol. The lowest BCUT2D eigenvalue weighted by molar-refractivity contribution is -0.123. The van der Waals surface area contributed by atoms with Crippen molar-refractivity contribution in [2.24, 2.45) is 0 Å². The van der Waals surface area contributed by atoms with E-state index in [2.05, 4.69) is 5.32 Å². The van der Waals surface area contributed by atoms with Gasteiger partial charge < -0.3 is 14.8 Å². The summed E-state index contributed by atoms with van der Waals surface area (Å²) in [7, 11) is -3.52. The molecule has 1 aliphatic rings. The first-order valence-corrected chi connectivity index (χ1v) is 8.87. The lowest BCUT2D eigenvalue weighted by atomic mass is 10.1. The van der Waals surface area contributed by atoms with E-state index in [-0.39, 0.29) is 23.6 Å². The normalized spacial score (nSPS) is 17.4. The average Bonchev–Trinajstić information content (AvgIpc) is 3.02. The maximum atomic E-state index is 12.4. The molecule has 0 radical (unpaired) electrons. The number of nitrogens with one attached hydrogen (secondary N) is 1. The molecule has 1 aromatic heterocycles. The Labute approximate surface area is 128 Å². The minimum Gasteiger partial charge on any atom is -0.478 e. The Bertz CT molecular complexity index is 697. The van der Waals surface area contributed by atoms with Crippen molar-refractivity contribution in [3.63, 3.8) is 0 Å². The fraction of sp³-hybridized carbons (Fsp3) is 0.571. The summed E-state index contributed by atoms with van der Waals surface area (Å²) in [5.74, 6) is -1.12. The van der Waals surface area contributed by atoms with Gasteiger partial charge in [0, 0.05) is 6.26 Å². The van der Waals surface area contributed by atoms with Crippen LogP contribution >= 0.6 is 0 Å². The van der Waals surface area contributed by atoms with Crippen LogP contribution in [0.4, 0.5) is 0 Å². The standard InChI is InChI=1S/C14H19NO6S/c1-9-11(12(16)17)7-10(21-9)8-15-13(18)14(22(2,19)20)5-3-4-6-14/h7H,3-6,8H2,1-2H3,(H,15,18)(H,16,17). The first-order chi connectivity index (χ1) is 10.2. The van der Waals surface area contributed by atoms with Crippen molar-refractivity contribution in [2.75, 3.05) is 6.26 Å². The lowest BCUT2D eigenvalue weighted by Crippen LogP contribution is -2.49. The number of aryl methyl sites for hydroxylation is 1. The molecule has 1 amide bonds. The number of carboxylic acid groups (broad SMARTS) is 1. The van der Waals surface area contributed by atoms with E-state index in [9.17, 15) is 18.0 Å². The third-order valence-corrected chi connectivity index (χ3v) is 6.17. The van der Waals surface area contributed by atoms with E-state index in [0.717, 1.165) is 6.26 Å². The topological polar surface area (TPSA) is 114 Å². The van der Waals surface area contributed by atoms with Gasteiger partial charge >= 0.3 is 5.97 Å². The van der Waals surface area contributed by atoms with Crippen LogP contribution in [0.15, 0.2) is 10.5 Å².